The van der Waals surface area contributed by atoms with Crippen LogP contribution in [-0.2, 0) is 4.79 Å². The van der Waals surface area contributed by atoms with Crippen LogP contribution in [-0.4, -0.2) is 5.97 Å². The molecule has 0 heterocycles. The molecule has 0 aliphatic rings. The average Bonchev–Trinajstić information content (AvgIpc) is 2.20. The molecule has 0 N–H and O–H groups in total. The Labute approximate surface area is 84.2 Å². The first-order chi connectivity index (χ1) is 6.63. The lowest BCUT2D eigenvalue weighted by Gasteiger charge is -2.03. The third-order valence-corrected chi connectivity index (χ3v) is 1.99. The van der Waals surface area contributed by atoms with Gasteiger partial charge in [0.2, 0.25) is 0 Å². The van der Waals surface area contributed by atoms with Crippen LogP contribution in [0.3, 0.4) is 0 Å². The molecule has 2 nitrogen and oxygen atoms in total. The maximum atomic E-state index is 11.3. The van der Waals surface area contributed by atoms with Crippen LogP contribution in [0.1, 0.15) is 19.4 Å². The Hall–Kier alpha value is -1.57. The highest BCUT2D eigenvalue weighted by molar-refractivity contribution is 5.89. The number of hydrogen-bond donors (Lipinski definition) is 0. The average molecular weight is 190 g/mol. The van der Waals surface area contributed by atoms with Gasteiger partial charge >= 0.3 is 5.97 Å². The fourth-order valence-corrected chi connectivity index (χ4v) is 0.912. The van der Waals surface area contributed by atoms with E-state index in [9.17, 15) is 4.79 Å². The van der Waals surface area contributed by atoms with Crippen LogP contribution in [0.25, 0.3) is 0 Å². The van der Waals surface area contributed by atoms with E-state index >= 15 is 0 Å². The van der Waals surface area contributed by atoms with Crippen molar-refractivity contribution in [3.8, 4) is 5.75 Å². The Balaban J connectivity index is 2.70. The molecule has 1 aromatic rings. The zero-order valence-electron chi connectivity index (χ0n) is 8.70. The molecule has 0 unspecified atom stereocenters. The number of aryl methyl sites for hydroxylation is 1. The molecular formula is C12H14O2. The van der Waals surface area contributed by atoms with Crippen LogP contribution in [0.15, 0.2) is 35.9 Å². The molecule has 0 saturated heterocycles. The molecule has 0 aliphatic heterocycles. The second kappa shape index (κ2) is 4.61. The van der Waals surface area contributed by atoms with Gasteiger partial charge in [0, 0.05) is 5.57 Å². The van der Waals surface area contributed by atoms with E-state index in [0.29, 0.717) is 11.3 Å². The van der Waals surface area contributed by atoms with E-state index in [4.69, 9.17) is 4.74 Å². The van der Waals surface area contributed by atoms with Crippen LogP contribution in [0.5, 0.6) is 5.75 Å². The summed E-state index contributed by atoms with van der Waals surface area (Å²) in [6.07, 6.45) is 1.73. The standard InChI is InChI=1S/C12H14O2/c1-4-10(3)12(13)14-11-7-5-9(2)6-8-11/h4-8H,1-3H3/b10-4-. The minimum atomic E-state index is -0.295. The zero-order valence-corrected chi connectivity index (χ0v) is 8.70. The summed E-state index contributed by atoms with van der Waals surface area (Å²) in [4.78, 5) is 11.3. The van der Waals surface area contributed by atoms with Gasteiger partial charge in [0.25, 0.3) is 0 Å². The third-order valence-electron chi connectivity index (χ3n) is 1.99. The number of allylic oxidation sites excluding steroid dienone is 1. The van der Waals surface area contributed by atoms with Crippen molar-refractivity contribution in [3.63, 3.8) is 0 Å². The largest absolute Gasteiger partial charge is 0.423 e. The molecule has 0 fully saturated rings. The highest BCUT2D eigenvalue weighted by Gasteiger charge is 2.05. The molecule has 0 spiro atoms. The Morgan fingerprint density at radius 1 is 1.29 bits per heavy atom. The highest BCUT2D eigenvalue weighted by Crippen LogP contribution is 2.12. The van der Waals surface area contributed by atoms with Gasteiger partial charge in [-0.25, -0.2) is 4.79 Å². The predicted molar refractivity (Wildman–Crippen MR) is 56.2 cm³/mol. The minimum Gasteiger partial charge on any atom is -0.423 e. The topological polar surface area (TPSA) is 26.3 Å². The first-order valence-corrected chi connectivity index (χ1v) is 4.55. The van der Waals surface area contributed by atoms with Crippen LogP contribution in [0.2, 0.25) is 0 Å². The molecule has 0 amide bonds. The Morgan fingerprint density at radius 3 is 2.36 bits per heavy atom. The summed E-state index contributed by atoms with van der Waals surface area (Å²) in [5.41, 5.74) is 1.76. The minimum absolute atomic E-state index is 0.295. The Bertz CT molecular complexity index is 347. The molecule has 0 radical (unpaired) electrons. The smallest absolute Gasteiger partial charge is 0.338 e. The molecule has 0 saturated carbocycles. The van der Waals surface area contributed by atoms with E-state index in [2.05, 4.69) is 0 Å². The number of carbonyl (C=O) groups is 1. The van der Waals surface area contributed by atoms with E-state index in [-0.39, 0.29) is 5.97 Å². The number of rotatable bonds is 2. The lowest BCUT2D eigenvalue weighted by molar-refractivity contribution is -0.130. The molecular weight excluding hydrogens is 176 g/mol. The number of benzene rings is 1. The first kappa shape index (κ1) is 10.5. The van der Waals surface area contributed by atoms with E-state index < -0.39 is 0 Å². The molecule has 74 valence electrons. The summed E-state index contributed by atoms with van der Waals surface area (Å²) < 4.78 is 5.11. The van der Waals surface area contributed by atoms with Crippen molar-refractivity contribution in [2.75, 3.05) is 0 Å². The van der Waals surface area contributed by atoms with Crippen LogP contribution in [0.4, 0.5) is 0 Å². The summed E-state index contributed by atoms with van der Waals surface area (Å²) in [5.74, 6) is 0.290. The van der Waals surface area contributed by atoms with Crippen molar-refractivity contribution < 1.29 is 9.53 Å². The fraction of sp³-hybridized carbons (Fsp3) is 0.250. The lowest BCUT2D eigenvalue weighted by atomic mass is 10.2. The number of carbonyl (C=O) groups excluding carboxylic acids is 1. The van der Waals surface area contributed by atoms with Gasteiger partial charge < -0.3 is 4.74 Å². The highest BCUT2D eigenvalue weighted by atomic mass is 16.5. The van der Waals surface area contributed by atoms with Gasteiger partial charge in [-0.05, 0) is 32.9 Å². The molecule has 0 atom stereocenters. The van der Waals surface area contributed by atoms with E-state index in [1.807, 2.05) is 26.0 Å². The third kappa shape index (κ3) is 2.73. The maximum absolute atomic E-state index is 11.3. The fourth-order valence-electron chi connectivity index (χ4n) is 0.912. The first-order valence-electron chi connectivity index (χ1n) is 4.55. The van der Waals surface area contributed by atoms with Gasteiger partial charge in [0.1, 0.15) is 5.75 Å². The SMILES string of the molecule is C/C=C(/C)C(=O)Oc1ccc(C)cc1. The summed E-state index contributed by atoms with van der Waals surface area (Å²) in [6, 6.07) is 7.40. The van der Waals surface area contributed by atoms with Gasteiger partial charge in [-0.15, -0.1) is 0 Å². The van der Waals surface area contributed by atoms with Gasteiger partial charge in [-0.2, -0.15) is 0 Å². The maximum Gasteiger partial charge on any atom is 0.338 e. The molecule has 1 rings (SSSR count). The predicted octanol–water partition coefficient (Wildman–Crippen LogP) is 2.87. The van der Waals surface area contributed by atoms with Crippen LogP contribution >= 0.6 is 0 Å². The molecule has 0 aliphatic carbocycles. The second-order valence-electron chi connectivity index (χ2n) is 3.17. The van der Waals surface area contributed by atoms with Crippen molar-refractivity contribution in [2.24, 2.45) is 0 Å². The van der Waals surface area contributed by atoms with Crippen molar-refractivity contribution in [1.29, 1.82) is 0 Å². The monoisotopic (exact) mass is 190 g/mol. The Morgan fingerprint density at radius 2 is 1.86 bits per heavy atom. The number of ether oxygens (including phenoxy) is 1. The second-order valence-corrected chi connectivity index (χ2v) is 3.17. The van der Waals surface area contributed by atoms with Gasteiger partial charge in [0.15, 0.2) is 0 Å². The van der Waals surface area contributed by atoms with Crippen LogP contribution in [0, 0.1) is 6.92 Å². The molecule has 2 heteroatoms. The van der Waals surface area contributed by atoms with Crippen molar-refractivity contribution in [1.82, 2.24) is 0 Å². The Kier molecular flexibility index (Phi) is 3.46. The van der Waals surface area contributed by atoms with E-state index in [1.165, 1.54) is 0 Å². The van der Waals surface area contributed by atoms with Crippen molar-refractivity contribution >= 4 is 5.97 Å². The van der Waals surface area contributed by atoms with Gasteiger partial charge in [-0.1, -0.05) is 23.8 Å². The van der Waals surface area contributed by atoms with Crippen molar-refractivity contribution in [3.05, 3.63) is 41.5 Å². The van der Waals surface area contributed by atoms with Crippen LogP contribution < -0.4 is 4.74 Å². The molecule has 0 bridgehead atoms. The van der Waals surface area contributed by atoms with Gasteiger partial charge in [-0.3, -0.25) is 0 Å². The molecule has 0 aromatic heterocycles. The quantitative estimate of drug-likeness (QED) is 0.407. The summed E-state index contributed by atoms with van der Waals surface area (Å²) >= 11 is 0. The summed E-state index contributed by atoms with van der Waals surface area (Å²) in [6.45, 7) is 5.53. The normalized spacial score (nSPS) is 11.2. The summed E-state index contributed by atoms with van der Waals surface area (Å²) in [7, 11) is 0. The number of esters is 1. The summed E-state index contributed by atoms with van der Waals surface area (Å²) in [5, 5.41) is 0. The molecule has 1 aromatic carbocycles. The lowest BCUT2D eigenvalue weighted by Crippen LogP contribution is -2.08. The van der Waals surface area contributed by atoms with E-state index in [1.54, 1.807) is 25.1 Å². The van der Waals surface area contributed by atoms with Gasteiger partial charge in [0.05, 0.1) is 0 Å². The number of hydrogen-bond acceptors (Lipinski definition) is 2. The zero-order chi connectivity index (χ0) is 10.6. The molecule has 14 heavy (non-hydrogen) atoms. The van der Waals surface area contributed by atoms with E-state index in [0.717, 1.165) is 5.56 Å². The van der Waals surface area contributed by atoms with Crippen molar-refractivity contribution in [2.45, 2.75) is 20.8 Å².